The van der Waals surface area contributed by atoms with Gasteiger partial charge in [0.15, 0.2) is 0 Å². The molecule has 0 fully saturated rings. The van der Waals surface area contributed by atoms with Crippen LogP contribution in [0.15, 0.2) is 65.6 Å². The van der Waals surface area contributed by atoms with Gasteiger partial charge >= 0.3 is 0 Å². The van der Waals surface area contributed by atoms with E-state index in [1.165, 1.54) is 17.0 Å². The van der Waals surface area contributed by atoms with Crippen molar-refractivity contribution in [3.8, 4) is 0 Å². The number of nitrogens with one attached hydrogen (secondary N) is 1. The van der Waals surface area contributed by atoms with Gasteiger partial charge < -0.3 is 10.2 Å². The number of halogens is 3. The molecule has 11 heteroatoms. The number of sulfonamides is 1. The number of benzene rings is 3. The Kier molecular flexibility index (Phi) is 11.5. The van der Waals surface area contributed by atoms with E-state index >= 15 is 0 Å². The lowest BCUT2D eigenvalue weighted by Gasteiger charge is -2.34. The number of anilines is 1. The monoisotopic (exact) mass is 637 g/mol. The van der Waals surface area contributed by atoms with E-state index in [2.05, 4.69) is 5.32 Å². The molecule has 1 atom stereocenters. The fourth-order valence-electron chi connectivity index (χ4n) is 4.36. The summed E-state index contributed by atoms with van der Waals surface area (Å²) < 4.78 is 29.1. The minimum atomic E-state index is -4.22. The molecule has 0 aromatic heterocycles. The summed E-state index contributed by atoms with van der Waals surface area (Å²) in [6, 6.07) is 15.3. The zero-order valence-corrected chi connectivity index (χ0v) is 26.5. The lowest BCUT2D eigenvalue weighted by molar-refractivity contribution is -0.140. The first kappa shape index (κ1) is 32.7. The molecule has 3 rings (SSSR count). The van der Waals surface area contributed by atoms with Crippen molar-refractivity contribution in [2.24, 2.45) is 0 Å². The fraction of sp³-hybridized carbons (Fsp3) is 0.333. The first-order chi connectivity index (χ1) is 19.4. The summed E-state index contributed by atoms with van der Waals surface area (Å²) in [7, 11) is -4.22. The van der Waals surface area contributed by atoms with Crippen LogP contribution in [0.1, 0.15) is 43.4 Å². The molecule has 41 heavy (non-hydrogen) atoms. The topological polar surface area (TPSA) is 86.8 Å². The molecule has 1 N–H and O–H groups in total. The lowest BCUT2D eigenvalue weighted by atomic mass is 10.1. The Hall–Kier alpha value is -2.78. The molecule has 0 spiro atoms. The molecule has 0 saturated heterocycles. The molecule has 0 radical (unpaired) electrons. The fourth-order valence-corrected chi connectivity index (χ4v) is 6.51. The molecule has 0 aliphatic rings. The van der Waals surface area contributed by atoms with E-state index in [1.54, 1.807) is 62.4 Å². The molecule has 3 aromatic rings. The van der Waals surface area contributed by atoms with Crippen LogP contribution in [0.4, 0.5) is 5.69 Å². The highest BCUT2D eigenvalue weighted by atomic mass is 35.5. The van der Waals surface area contributed by atoms with Gasteiger partial charge in [0.1, 0.15) is 12.6 Å². The Morgan fingerprint density at radius 1 is 0.878 bits per heavy atom. The van der Waals surface area contributed by atoms with Gasteiger partial charge in [-0.1, -0.05) is 78.5 Å². The quantitative estimate of drug-likeness (QED) is 0.237. The smallest absolute Gasteiger partial charge is 0.264 e. The summed E-state index contributed by atoms with van der Waals surface area (Å²) in [4.78, 5) is 28.8. The number of carbonyl (C=O) groups is 2. The Labute approximate surface area is 257 Å². The molecule has 0 aliphatic carbocycles. The first-order valence-electron chi connectivity index (χ1n) is 13.3. The zero-order chi connectivity index (χ0) is 30.3. The molecule has 0 heterocycles. The van der Waals surface area contributed by atoms with Crippen LogP contribution in [-0.2, 0) is 26.2 Å². The molecular weight excluding hydrogens is 605 g/mol. The second-order valence-corrected chi connectivity index (χ2v) is 12.7. The number of carbonyl (C=O) groups excluding carboxylic acids is 2. The highest BCUT2D eigenvalue weighted by Crippen LogP contribution is 2.32. The summed E-state index contributed by atoms with van der Waals surface area (Å²) in [5, 5.41) is 3.86. The van der Waals surface area contributed by atoms with Crippen LogP contribution in [0.3, 0.4) is 0 Å². The second kappa shape index (κ2) is 14.4. The summed E-state index contributed by atoms with van der Waals surface area (Å²) in [6.45, 7) is 7.00. The summed E-state index contributed by atoms with van der Waals surface area (Å²) >= 11 is 19.3. The number of hydrogen-bond acceptors (Lipinski definition) is 4. The van der Waals surface area contributed by atoms with E-state index in [9.17, 15) is 18.0 Å². The van der Waals surface area contributed by atoms with Gasteiger partial charge in [-0.05, 0) is 68.7 Å². The molecule has 0 bridgehead atoms. The van der Waals surface area contributed by atoms with Crippen molar-refractivity contribution in [2.75, 3.05) is 17.4 Å². The van der Waals surface area contributed by atoms with Crippen LogP contribution in [0.2, 0.25) is 15.1 Å². The van der Waals surface area contributed by atoms with Crippen molar-refractivity contribution < 1.29 is 18.0 Å². The Morgan fingerprint density at radius 3 is 2.05 bits per heavy atom. The maximum atomic E-state index is 14.2. The first-order valence-corrected chi connectivity index (χ1v) is 15.8. The van der Waals surface area contributed by atoms with Gasteiger partial charge in [-0.25, -0.2) is 8.42 Å². The van der Waals surface area contributed by atoms with Crippen molar-refractivity contribution in [3.05, 3.63) is 92.4 Å². The molecule has 2 amide bonds. The van der Waals surface area contributed by atoms with Gasteiger partial charge in [0, 0.05) is 33.7 Å². The van der Waals surface area contributed by atoms with Gasteiger partial charge in [-0.2, -0.15) is 0 Å². The third kappa shape index (κ3) is 7.74. The van der Waals surface area contributed by atoms with E-state index in [0.29, 0.717) is 39.2 Å². The normalized spacial score (nSPS) is 12.1. The van der Waals surface area contributed by atoms with Gasteiger partial charge in [0.2, 0.25) is 11.8 Å². The minimum absolute atomic E-state index is 0.0173. The third-order valence-electron chi connectivity index (χ3n) is 6.72. The van der Waals surface area contributed by atoms with Crippen molar-refractivity contribution in [3.63, 3.8) is 0 Å². The van der Waals surface area contributed by atoms with E-state index in [0.717, 1.165) is 9.87 Å². The summed E-state index contributed by atoms with van der Waals surface area (Å²) in [6.07, 6.45) is 0.993. The summed E-state index contributed by atoms with van der Waals surface area (Å²) in [5.41, 5.74) is 2.09. The van der Waals surface area contributed by atoms with Crippen molar-refractivity contribution in [1.82, 2.24) is 10.2 Å². The Bertz CT molecular complexity index is 1480. The van der Waals surface area contributed by atoms with Crippen LogP contribution in [0, 0.1) is 13.8 Å². The van der Waals surface area contributed by atoms with Crippen molar-refractivity contribution in [1.29, 1.82) is 0 Å². The zero-order valence-electron chi connectivity index (χ0n) is 23.5. The molecule has 220 valence electrons. The van der Waals surface area contributed by atoms with Gasteiger partial charge in [0.25, 0.3) is 10.0 Å². The standard InChI is InChI=1S/C30H34Cl3N3O4S/c1-5-17-34-30(38)27(6-2)35(18-23-25(32)10-7-11-26(23)33)29(37)19-36(28-12-8-9-24(31)21(28)4)41(39,40)22-15-13-20(3)14-16-22/h7-16,27H,5-6,17-19H2,1-4H3,(H,34,38)/t27-/m0/s1. The Balaban J connectivity index is 2.13. The molecule has 3 aromatic carbocycles. The van der Waals surface area contributed by atoms with Gasteiger partial charge in [-0.15, -0.1) is 0 Å². The van der Waals surface area contributed by atoms with Crippen molar-refractivity contribution >= 4 is 62.3 Å². The maximum Gasteiger partial charge on any atom is 0.264 e. The average Bonchev–Trinajstić information content (AvgIpc) is 2.93. The molecule has 0 unspecified atom stereocenters. The molecule has 7 nitrogen and oxygen atoms in total. The number of amides is 2. The van der Waals surface area contributed by atoms with Crippen molar-refractivity contribution in [2.45, 2.75) is 58.0 Å². The van der Waals surface area contributed by atoms with Crippen LogP contribution in [0.5, 0.6) is 0 Å². The number of hydrogen-bond donors (Lipinski definition) is 1. The maximum absolute atomic E-state index is 14.2. The number of rotatable bonds is 12. The second-order valence-electron chi connectivity index (χ2n) is 9.65. The van der Waals surface area contributed by atoms with E-state index in [4.69, 9.17) is 34.8 Å². The molecule has 0 aliphatic heterocycles. The molecular formula is C30H34Cl3N3O4S. The highest BCUT2D eigenvalue weighted by molar-refractivity contribution is 7.92. The number of nitrogens with zero attached hydrogens (tertiary/aromatic N) is 2. The minimum Gasteiger partial charge on any atom is -0.354 e. The van der Waals surface area contributed by atoms with Gasteiger partial charge in [0.05, 0.1) is 10.6 Å². The van der Waals surface area contributed by atoms with Crippen LogP contribution in [-0.4, -0.2) is 44.3 Å². The Morgan fingerprint density at radius 2 is 1.46 bits per heavy atom. The predicted molar refractivity (Wildman–Crippen MR) is 166 cm³/mol. The predicted octanol–water partition coefficient (Wildman–Crippen LogP) is 6.79. The molecule has 0 saturated carbocycles. The average molecular weight is 639 g/mol. The van der Waals surface area contributed by atoms with Crippen LogP contribution >= 0.6 is 34.8 Å². The summed E-state index contributed by atoms with van der Waals surface area (Å²) in [5.74, 6) is -0.952. The van der Waals surface area contributed by atoms with E-state index < -0.39 is 28.5 Å². The highest BCUT2D eigenvalue weighted by Gasteiger charge is 2.34. The number of aryl methyl sites for hydroxylation is 1. The van der Waals surface area contributed by atoms with E-state index in [1.807, 2.05) is 13.8 Å². The van der Waals surface area contributed by atoms with Gasteiger partial charge in [-0.3, -0.25) is 13.9 Å². The van der Waals surface area contributed by atoms with Crippen LogP contribution in [0.25, 0.3) is 0 Å². The lowest BCUT2D eigenvalue weighted by Crippen LogP contribution is -2.52. The largest absolute Gasteiger partial charge is 0.354 e. The van der Waals surface area contributed by atoms with Crippen LogP contribution < -0.4 is 9.62 Å². The SMILES string of the molecule is CCCNC(=O)[C@H](CC)N(Cc1c(Cl)cccc1Cl)C(=O)CN(c1cccc(Cl)c1C)S(=O)(=O)c1ccc(C)cc1. The third-order valence-corrected chi connectivity index (χ3v) is 9.61. The van der Waals surface area contributed by atoms with E-state index in [-0.39, 0.29) is 29.5 Å².